The van der Waals surface area contributed by atoms with Gasteiger partial charge in [-0.05, 0) is 81.7 Å². The van der Waals surface area contributed by atoms with E-state index in [-0.39, 0.29) is 5.82 Å². The Hall–Kier alpha value is -2.55. The lowest BCUT2D eigenvalue weighted by molar-refractivity contribution is 0.308. The van der Waals surface area contributed by atoms with Gasteiger partial charge in [-0.1, -0.05) is 99.2 Å². The molecule has 0 radical (unpaired) electrons. The molecule has 0 bridgehead atoms. The van der Waals surface area contributed by atoms with Crippen molar-refractivity contribution in [1.82, 2.24) is 0 Å². The Morgan fingerprint density at radius 2 is 0.800 bits per heavy atom. The second-order valence-electron chi connectivity index (χ2n) is 10.1. The van der Waals surface area contributed by atoms with Crippen LogP contribution >= 0.6 is 0 Å². The monoisotopic (exact) mass is 484 g/mol. The van der Waals surface area contributed by atoms with Crippen molar-refractivity contribution < 1.29 is 13.2 Å². The first-order chi connectivity index (χ1) is 16.4. The van der Waals surface area contributed by atoms with Crippen molar-refractivity contribution in [3.05, 3.63) is 105 Å². The maximum absolute atomic E-state index is 12.6. The topological polar surface area (TPSA) is 0 Å². The summed E-state index contributed by atoms with van der Waals surface area (Å²) in [6, 6.07) is 16.8. The van der Waals surface area contributed by atoms with Crippen molar-refractivity contribution in [2.75, 3.05) is 0 Å². The van der Waals surface area contributed by atoms with Crippen LogP contribution in [0.2, 0.25) is 0 Å². The highest BCUT2D eigenvalue weighted by Gasteiger charge is 2.13. The summed E-state index contributed by atoms with van der Waals surface area (Å²) < 4.78 is 37.8. The molecule has 4 rings (SSSR count). The van der Waals surface area contributed by atoms with Gasteiger partial charge in [-0.25, -0.2) is 13.2 Å². The normalized spacial score (nSPS) is 16.5. The molecule has 0 N–H and O–H groups in total. The Bertz CT molecular complexity index is 956. The zero-order chi connectivity index (χ0) is 26.5. The Morgan fingerprint density at radius 3 is 1.11 bits per heavy atom. The van der Waals surface area contributed by atoms with Crippen molar-refractivity contribution in [1.29, 1.82) is 0 Å². The van der Waals surface area contributed by atoms with Gasteiger partial charge in [-0.2, -0.15) is 0 Å². The van der Waals surface area contributed by atoms with E-state index in [4.69, 9.17) is 0 Å². The molecule has 1 aliphatic carbocycles. The summed E-state index contributed by atoms with van der Waals surface area (Å²) in [4.78, 5) is 0. The van der Waals surface area contributed by atoms with Crippen LogP contribution in [0.25, 0.3) is 0 Å². The summed E-state index contributed by atoms with van der Waals surface area (Å²) in [5.74, 6) is 0.451. The van der Waals surface area contributed by atoms with Gasteiger partial charge in [-0.15, -0.1) is 0 Å². The van der Waals surface area contributed by atoms with Crippen LogP contribution in [0.3, 0.4) is 0 Å². The van der Waals surface area contributed by atoms with Gasteiger partial charge in [0.15, 0.2) is 11.6 Å². The average Bonchev–Trinajstić information content (AvgIpc) is 2.83. The fourth-order valence-electron chi connectivity index (χ4n) is 3.50. The highest BCUT2D eigenvalue weighted by atomic mass is 19.2. The molecular formula is C32H43F3. The summed E-state index contributed by atoms with van der Waals surface area (Å²) in [5.41, 5.74) is 5.04. The van der Waals surface area contributed by atoms with Gasteiger partial charge in [0.25, 0.3) is 0 Å². The third-order valence-electron chi connectivity index (χ3n) is 6.32. The number of benzene rings is 3. The van der Waals surface area contributed by atoms with Crippen molar-refractivity contribution >= 4 is 0 Å². The molecular weight excluding hydrogens is 441 g/mol. The zero-order valence-electron chi connectivity index (χ0n) is 22.8. The second kappa shape index (κ2) is 15.4. The molecule has 0 unspecified atom stereocenters. The molecule has 1 aliphatic rings. The van der Waals surface area contributed by atoms with Crippen molar-refractivity contribution in [2.24, 2.45) is 11.8 Å². The fraction of sp³-hybridized carbons (Fsp3) is 0.438. The standard InChI is InChI=1S/C8H8F2.C8H9F.C8H16.C8H10/c1-5-3-4-6(2)8(10)7(5)9;1-6-3-4-7(2)8(9)5-6;2*1-7-3-5-8(2)6-4-7/h3-4H,1-2H3;3-5H,1-2H3;7-8H,3-6H2,1-2H3;3-6H,1-2H3. The quantitative estimate of drug-likeness (QED) is 0.298. The predicted molar refractivity (Wildman–Crippen MR) is 144 cm³/mol. The van der Waals surface area contributed by atoms with Gasteiger partial charge in [0, 0.05) is 0 Å². The maximum Gasteiger partial charge on any atom is 0.161 e. The molecule has 0 saturated heterocycles. The number of aryl methyl sites for hydroxylation is 6. The van der Waals surface area contributed by atoms with E-state index in [1.807, 2.05) is 13.0 Å². The zero-order valence-corrected chi connectivity index (χ0v) is 22.8. The van der Waals surface area contributed by atoms with E-state index in [0.717, 1.165) is 17.4 Å². The highest BCUT2D eigenvalue weighted by Crippen LogP contribution is 2.27. The number of halogens is 3. The van der Waals surface area contributed by atoms with Crippen LogP contribution in [-0.4, -0.2) is 0 Å². The van der Waals surface area contributed by atoms with E-state index in [1.54, 1.807) is 25.1 Å². The molecule has 0 aromatic heterocycles. The molecule has 1 saturated carbocycles. The maximum atomic E-state index is 12.6. The van der Waals surface area contributed by atoms with E-state index >= 15 is 0 Å². The molecule has 0 spiro atoms. The van der Waals surface area contributed by atoms with Crippen molar-refractivity contribution in [3.8, 4) is 0 Å². The summed E-state index contributed by atoms with van der Waals surface area (Å²) in [7, 11) is 0. The Morgan fingerprint density at radius 1 is 0.486 bits per heavy atom. The van der Waals surface area contributed by atoms with Crippen LogP contribution in [0, 0.1) is 70.8 Å². The van der Waals surface area contributed by atoms with E-state index in [0.29, 0.717) is 16.7 Å². The van der Waals surface area contributed by atoms with Crippen molar-refractivity contribution in [3.63, 3.8) is 0 Å². The smallest absolute Gasteiger partial charge is 0.161 e. The molecule has 1 fully saturated rings. The van der Waals surface area contributed by atoms with E-state index in [1.165, 1.54) is 56.7 Å². The molecule has 35 heavy (non-hydrogen) atoms. The van der Waals surface area contributed by atoms with Crippen LogP contribution in [0.5, 0.6) is 0 Å². The lowest BCUT2D eigenvalue weighted by Gasteiger charge is -2.22. The van der Waals surface area contributed by atoms with Gasteiger partial charge in [0.1, 0.15) is 5.82 Å². The van der Waals surface area contributed by atoms with Crippen LogP contribution < -0.4 is 0 Å². The minimum Gasteiger partial charge on any atom is -0.207 e. The Labute approximate surface area is 211 Å². The minimum absolute atomic E-state index is 0.116. The van der Waals surface area contributed by atoms with Gasteiger partial charge < -0.3 is 0 Å². The van der Waals surface area contributed by atoms with Crippen LogP contribution in [0.4, 0.5) is 13.2 Å². The Kier molecular flexibility index (Phi) is 13.5. The summed E-state index contributed by atoms with van der Waals surface area (Å²) in [6.07, 6.45) is 5.89. The van der Waals surface area contributed by atoms with Gasteiger partial charge in [-0.3, -0.25) is 0 Å². The predicted octanol–water partition coefficient (Wildman–Crippen LogP) is 10.2. The molecule has 0 nitrogen and oxygen atoms in total. The van der Waals surface area contributed by atoms with Gasteiger partial charge >= 0.3 is 0 Å². The molecule has 0 aliphatic heterocycles. The first-order valence-corrected chi connectivity index (χ1v) is 12.6. The molecule has 3 heteroatoms. The van der Waals surface area contributed by atoms with Gasteiger partial charge in [0.05, 0.1) is 0 Å². The largest absolute Gasteiger partial charge is 0.207 e. The molecule has 3 aromatic rings. The first-order valence-electron chi connectivity index (χ1n) is 12.6. The molecule has 192 valence electrons. The molecule has 0 heterocycles. The first kappa shape index (κ1) is 30.5. The molecule has 0 atom stereocenters. The van der Waals surface area contributed by atoms with E-state index < -0.39 is 11.6 Å². The van der Waals surface area contributed by atoms with Crippen LogP contribution in [0.15, 0.2) is 54.6 Å². The lowest BCUT2D eigenvalue weighted by Crippen LogP contribution is -2.08. The Balaban J connectivity index is 0.000000234. The van der Waals surface area contributed by atoms with E-state index in [9.17, 15) is 13.2 Å². The SMILES string of the molecule is CC1CCC(C)CC1.Cc1ccc(C)c(F)c1.Cc1ccc(C)c(F)c1F.Cc1ccc(C)cc1. The average molecular weight is 485 g/mol. The third-order valence-corrected chi connectivity index (χ3v) is 6.32. The number of hydrogen-bond acceptors (Lipinski definition) is 0. The summed E-state index contributed by atoms with van der Waals surface area (Å²) in [6.45, 7) is 15.6. The van der Waals surface area contributed by atoms with Crippen molar-refractivity contribution in [2.45, 2.75) is 81.1 Å². The van der Waals surface area contributed by atoms with Crippen LogP contribution in [0.1, 0.15) is 72.9 Å². The summed E-state index contributed by atoms with van der Waals surface area (Å²) in [5, 5.41) is 0. The lowest BCUT2D eigenvalue weighted by atomic mass is 9.84. The van der Waals surface area contributed by atoms with Gasteiger partial charge in [0.2, 0.25) is 0 Å². The van der Waals surface area contributed by atoms with E-state index in [2.05, 4.69) is 52.0 Å². The second-order valence-corrected chi connectivity index (χ2v) is 10.1. The molecule has 0 amide bonds. The summed E-state index contributed by atoms with van der Waals surface area (Å²) >= 11 is 0. The molecule has 3 aromatic carbocycles. The number of rotatable bonds is 0. The minimum atomic E-state index is -0.736. The highest BCUT2D eigenvalue weighted by molar-refractivity contribution is 5.24. The van der Waals surface area contributed by atoms with Crippen LogP contribution in [-0.2, 0) is 0 Å². The number of hydrogen-bond donors (Lipinski definition) is 0. The fourth-order valence-corrected chi connectivity index (χ4v) is 3.50. The third kappa shape index (κ3) is 12.1.